The number of β-amino-alcohol motifs (C(OH)–C–C–N with tert-alkyl or cyclic N) is 1. The van der Waals surface area contributed by atoms with Crippen LogP contribution in [0.1, 0.15) is 36.5 Å². The zero-order valence-electron chi connectivity index (χ0n) is 26.1. The minimum Gasteiger partial charge on any atom is -0.455 e. The highest BCUT2D eigenvalue weighted by molar-refractivity contribution is 9.09. The van der Waals surface area contributed by atoms with E-state index in [0.717, 1.165) is 5.56 Å². The van der Waals surface area contributed by atoms with Gasteiger partial charge in [0, 0.05) is 24.3 Å². The second-order valence-electron chi connectivity index (χ2n) is 12.0. The van der Waals surface area contributed by atoms with Gasteiger partial charge < -0.3 is 29.7 Å². The van der Waals surface area contributed by atoms with Crippen molar-refractivity contribution in [2.45, 2.75) is 54.9 Å². The fourth-order valence-corrected chi connectivity index (χ4v) is 8.47. The molecule has 3 aliphatic heterocycles. The number of halogens is 2. The largest absolute Gasteiger partial charge is 0.455 e. The van der Waals surface area contributed by atoms with E-state index >= 15 is 0 Å². The first kappa shape index (κ1) is 34.8. The van der Waals surface area contributed by atoms with Crippen molar-refractivity contribution in [3.63, 3.8) is 0 Å². The molecule has 3 fully saturated rings. The van der Waals surface area contributed by atoms with Gasteiger partial charge in [0.1, 0.15) is 17.7 Å². The molecule has 0 aliphatic carbocycles. The zero-order valence-corrected chi connectivity index (χ0v) is 28.5. The molecule has 12 heteroatoms. The Bertz CT molecular complexity index is 1520. The molecule has 5 rings (SSSR count). The molecule has 1 spiro atoms. The summed E-state index contributed by atoms with van der Waals surface area (Å²) in [7, 11) is 0. The first-order chi connectivity index (χ1) is 22.6. The zero-order chi connectivity index (χ0) is 33.9. The van der Waals surface area contributed by atoms with E-state index in [1.54, 1.807) is 48.6 Å². The predicted octanol–water partition coefficient (Wildman–Crippen LogP) is 4.27. The third-order valence-corrected chi connectivity index (χ3v) is 10.3. The molecule has 2 aromatic carbocycles. The second kappa shape index (κ2) is 14.7. The first-order valence-corrected chi connectivity index (χ1v) is 16.9. The molecule has 2 N–H and O–H groups in total. The Balaban J connectivity index is 1.48. The number of aliphatic hydroxyl groups excluding tert-OH is 1. The standard InChI is InChI=1S/C35H39BrClN3O7/c1-4-6-15-26(42)38-20-25(22-12-8-7-9-13-22)46-34(45)27-28-32(43)40(17-18-41)31(35(28)19-23(36)30(27)47-35)33(44)39(16-5-2)29-21(3)11-10-14-24(29)37/h4-5,7-14,23,25,27-28,30-31,41H,1-2,6,15-20H2,3H3,(H,38,42)/t23?,25-,27-,28+,30-,31-,35+/m0/s1. The minimum absolute atomic E-state index is 0.0247. The van der Waals surface area contributed by atoms with Crippen LogP contribution in [0.25, 0.3) is 0 Å². The molecule has 0 aromatic heterocycles. The number of amides is 3. The predicted molar refractivity (Wildman–Crippen MR) is 181 cm³/mol. The number of anilines is 1. The number of esters is 1. The average Bonchev–Trinajstić information content (AvgIpc) is 3.65. The van der Waals surface area contributed by atoms with E-state index in [1.807, 2.05) is 19.1 Å². The fourth-order valence-electron chi connectivity index (χ4n) is 7.20. The monoisotopic (exact) mass is 727 g/mol. The molecule has 2 aromatic rings. The summed E-state index contributed by atoms with van der Waals surface area (Å²) in [6.07, 6.45) is 2.66. The molecule has 3 amide bonds. The third-order valence-electron chi connectivity index (χ3n) is 9.16. The smallest absolute Gasteiger partial charge is 0.313 e. The number of rotatable bonds is 14. The van der Waals surface area contributed by atoms with Crippen molar-refractivity contribution in [1.82, 2.24) is 10.2 Å². The highest BCUT2D eigenvalue weighted by Crippen LogP contribution is 2.60. The second-order valence-corrected chi connectivity index (χ2v) is 13.6. The van der Waals surface area contributed by atoms with Crippen LogP contribution in [-0.4, -0.2) is 82.5 Å². The number of hydrogen-bond donors (Lipinski definition) is 2. The summed E-state index contributed by atoms with van der Waals surface area (Å²) in [5, 5.41) is 13.2. The maximum Gasteiger partial charge on any atom is 0.313 e. The third kappa shape index (κ3) is 6.50. The Morgan fingerprint density at radius 1 is 1.21 bits per heavy atom. The van der Waals surface area contributed by atoms with Crippen LogP contribution in [0.5, 0.6) is 0 Å². The number of carbonyl (C=O) groups is 4. The van der Waals surface area contributed by atoms with Gasteiger partial charge in [-0.1, -0.05) is 82.1 Å². The quantitative estimate of drug-likeness (QED) is 0.169. The van der Waals surface area contributed by atoms with Crippen molar-refractivity contribution in [1.29, 1.82) is 0 Å². The van der Waals surface area contributed by atoms with Crippen LogP contribution in [0, 0.1) is 18.8 Å². The number of nitrogens with zero attached hydrogens (tertiary/aromatic N) is 2. The number of aryl methyl sites for hydroxylation is 1. The molecule has 3 heterocycles. The maximum absolute atomic E-state index is 14.7. The van der Waals surface area contributed by atoms with Gasteiger partial charge in [-0.15, -0.1) is 13.2 Å². The number of fused-ring (bicyclic) bond motifs is 1. The van der Waals surface area contributed by atoms with Crippen LogP contribution in [0.15, 0.2) is 73.8 Å². The van der Waals surface area contributed by atoms with Crippen LogP contribution >= 0.6 is 27.5 Å². The van der Waals surface area contributed by atoms with Crippen LogP contribution < -0.4 is 10.2 Å². The van der Waals surface area contributed by atoms with E-state index in [-0.39, 0.29) is 43.2 Å². The van der Waals surface area contributed by atoms with E-state index in [2.05, 4.69) is 34.4 Å². The van der Waals surface area contributed by atoms with Crippen molar-refractivity contribution in [3.8, 4) is 0 Å². The summed E-state index contributed by atoms with van der Waals surface area (Å²) in [5.74, 6) is -3.89. The summed E-state index contributed by atoms with van der Waals surface area (Å²) in [5.41, 5.74) is 0.526. The Labute approximate surface area is 287 Å². The molecule has 0 saturated carbocycles. The molecule has 10 nitrogen and oxygen atoms in total. The van der Waals surface area contributed by atoms with E-state index in [9.17, 15) is 24.3 Å². The summed E-state index contributed by atoms with van der Waals surface area (Å²) >= 11 is 10.3. The van der Waals surface area contributed by atoms with Crippen molar-refractivity contribution in [2.24, 2.45) is 11.8 Å². The van der Waals surface area contributed by atoms with Gasteiger partial charge in [0.25, 0.3) is 5.91 Å². The Hall–Kier alpha value is -3.51. The maximum atomic E-state index is 14.7. The number of hydrogen-bond acceptors (Lipinski definition) is 7. The summed E-state index contributed by atoms with van der Waals surface area (Å²) < 4.78 is 12.7. The number of likely N-dealkylation sites (tertiary alicyclic amines) is 1. The number of aliphatic hydroxyl groups is 1. The van der Waals surface area contributed by atoms with Crippen molar-refractivity contribution < 1.29 is 33.8 Å². The molecule has 7 atom stereocenters. The lowest BCUT2D eigenvalue weighted by Gasteiger charge is -2.37. The molecule has 250 valence electrons. The summed E-state index contributed by atoms with van der Waals surface area (Å²) in [6, 6.07) is 13.2. The topological polar surface area (TPSA) is 125 Å². The lowest BCUT2D eigenvalue weighted by molar-refractivity contribution is -0.160. The minimum atomic E-state index is -1.37. The first-order valence-electron chi connectivity index (χ1n) is 15.6. The molecular formula is C35H39BrClN3O7. The van der Waals surface area contributed by atoms with Gasteiger partial charge in [-0.05, 0) is 37.0 Å². The number of para-hydroxylation sites is 1. The van der Waals surface area contributed by atoms with Gasteiger partial charge in [-0.3, -0.25) is 19.2 Å². The van der Waals surface area contributed by atoms with Crippen LogP contribution in [-0.2, 0) is 28.7 Å². The van der Waals surface area contributed by atoms with Crippen LogP contribution in [0.4, 0.5) is 5.69 Å². The number of nitrogens with one attached hydrogen (secondary N) is 1. The molecule has 2 bridgehead atoms. The number of ether oxygens (including phenoxy) is 2. The average molecular weight is 729 g/mol. The van der Waals surface area contributed by atoms with Gasteiger partial charge >= 0.3 is 5.97 Å². The van der Waals surface area contributed by atoms with E-state index in [1.165, 1.54) is 9.80 Å². The van der Waals surface area contributed by atoms with Crippen molar-refractivity contribution in [3.05, 3.63) is 90.0 Å². The molecular weight excluding hydrogens is 690 g/mol. The highest BCUT2D eigenvalue weighted by atomic mass is 79.9. The lowest BCUT2D eigenvalue weighted by Crippen LogP contribution is -2.57. The van der Waals surface area contributed by atoms with E-state index < -0.39 is 60.1 Å². The molecule has 3 saturated heterocycles. The van der Waals surface area contributed by atoms with Gasteiger partial charge in [0.05, 0.1) is 41.8 Å². The highest BCUT2D eigenvalue weighted by Gasteiger charge is 2.77. The molecule has 3 aliphatic rings. The summed E-state index contributed by atoms with van der Waals surface area (Å²) in [4.78, 5) is 57.9. The van der Waals surface area contributed by atoms with E-state index in [4.69, 9.17) is 21.1 Å². The Morgan fingerprint density at radius 3 is 2.62 bits per heavy atom. The normalized spacial score (nSPS) is 26.4. The number of allylic oxidation sites excluding steroid dienone is 1. The molecule has 0 radical (unpaired) electrons. The van der Waals surface area contributed by atoms with Crippen molar-refractivity contribution in [2.75, 3.05) is 31.1 Å². The SMILES string of the molecule is C=CCCC(=O)NC[C@H](OC(=O)[C@@H]1[C@H]2O[C@@]3(CC2Br)[C@H](C(=O)N(CC=C)c2c(C)cccc2Cl)N(CCO)C(=O)[C@@H]13)c1ccccc1. The number of benzene rings is 2. The summed E-state index contributed by atoms with van der Waals surface area (Å²) in [6.45, 7) is 8.90. The van der Waals surface area contributed by atoms with Gasteiger partial charge in [-0.25, -0.2) is 0 Å². The van der Waals surface area contributed by atoms with Gasteiger partial charge in [-0.2, -0.15) is 0 Å². The van der Waals surface area contributed by atoms with Crippen molar-refractivity contribution >= 4 is 56.9 Å². The van der Waals surface area contributed by atoms with E-state index in [0.29, 0.717) is 22.7 Å². The Kier molecular flexibility index (Phi) is 10.9. The fraction of sp³-hybridized carbons (Fsp3) is 0.429. The Morgan fingerprint density at radius 2 is 1.96 bits per heavy atom. The van der Waals surface area contributed by atoms with Gasteiger partial charge in [0.15, 0.2) is 0 Å². The molecule has 47 heavy (non-hydrogen) atoms. The van der Waals surface area contributed by atoms with Crippen LogP contribution in [0.3, 0.4) is 0 Å². The van der Waals surface area contributed by atoms with Gasteiger partial charge in [0.2, 0.25) is 11.8 Å². The lowest BCUT2D eigenvalue weighted by atomic mass is 9.70. The molecule has 1 unspecified atom stereocenters. The number of carbonyl (C=O) groups excluding carboxylic acids is 4. The number of alkyl halides is 1. The van der Waals surface area contributed by atoms with Crippen LogP contribution in [0.2, 0.25) is 5.02 Å².